The van der Waals surface area contributed by atoms with Crippen molar-refractivity contribution in [3.8, 4) is 0 Å². The van der Waals surface area contributed by atoms with Gasteiger partial charge in [0.05, 0.1) is 0 Å². The molecular formula is C7H12O5. The van der Waals surface area contributed by atoms with Crippen molar-refractivity contribution >= 4 is 11.9 Å². The molecule has 0 heterocycles. The first-order chi connectivity index (χ1) is 5.57. The summed E-state index contributed by atoms with van der Waals surface area (Å²) in [7, 11) is 1.29. The van der Waals surface area contributed by atoms with Crippen molar-refractivity contribution in [2.24, 2.45) is 0 Å². The molecule has 0 spiro atoms. The van der Waals surface area contributed by atoms with E-state index in [0.717, 1.165) is 0 Å². The smallest absolute Gasteiger partial charge is 0.332 e. The van der Waals surface area contributed by atoms with Crippen molar-refractivity contribution < 1.29 is 24.5 Å². The summed E-state index contributed by atoms with van der Waals surface area (Å²) < 4.78 is 4.60. The maximum absolute atomic E-state index is 10.3. The molecule has 0 aromatic carbocycles. The normalized spacial score (nSPS) is 12.4. The van der Waals surface area contributed by atoms with Gasteiger partial charge in [0.1, 0.15) is 0 Å². The Kier molecular flexibility index (Phi) is 5.03. The van der Waals surface area contributed by atoms with E-state index in [4.69, 9.17) is 10.2 Å². The molecule has 0 aliphatic heterocycles. The van der Waals surface area contributed by atoms with Gasteiger partial charge in [-0.05, 0) is 12.8 Å². The highest BCUT2D eigenvalue weighted by molar-refractivity contribution is 5.72. The molecule has 5 nitrogen and oxygen atoms in total. The monoisotopic (exact) mass is 176 g/mol. The highest BCUT2D eigenvalue weighted by Crippen LogP contribution is 2.04. The Hall–Kier alpha value is -1.10. The molecule has 70 valence electrons. The largest absolute Gasteiger partial charge is 0.481 e. The third-order valence-corrected chi connectivity index (χ3v) is 1.42. The molecule has 0 saturated carbocycles. The molecule has 0 unspecified atom stereocenters. The maximum atomic E-state index is 10.3. The zero-order valence-corrected chi connectivity index (χ0v) is 6.82. The molecule has 0 amide bonds. The molecule has 0 aromatic rings. The number of ether oxygens (including phenoxy) is 1. The van der Waals surface area contributed by atoms with E-state index in [0.29, 0.717) is 6.42 Å². The van der Waals surface area contributed by atoms with Crippen molar-refractivity contribution in [3.05, 3.63) is 0 Å². The van der Waals surface area contributed by atoms with Crippen LogP contribution < -0.4 is 0 Å². The van der Waals surface area contributed by atoms with E-state index in [2.05, 4.69) is 4.74 Å². The molecule has 0 bridgehead atoms. The van der Waals surface area contributed by atoms with Crippen LogP contribution in [-0.4, -0.2) is 35.4 Å². The Morgan fingerprint density at radius 1 is 1.42 bits per heavy atom. The lowest BCUT2D eigenvalue weighted by molar-refractivity contribution is -0.149. The number of rotatable bonds is 6. The second-order valence-electron chi connectivity index (χ2n) is 2.35. The standard InChI is InChI=1S/C7H12O5/c1-12-5(7(10)11)3-2-4-6(8)9/h5H,2-4H2,1H3,(H,8,9)(H,10,11)/t5-/m0/s1. The average molecular weight is 176 g/mol. The topological polar surface area (TPSA) is 83.8 Å². The third-order valence-electron chi connectivity index (χ3n) is 1.42. The highest BCUT2D eigenvalue weighted by atomic mass is 16.5. The second-order valence-corrected chi connectivity index (χ2v) is 2.35. The summed E-state index contributed by atoms with van der Waals surface area (Å²) >= 11 is 0. The van der Waals surface area contributed by atoms with E-state index in [1.165, 1.54) is 7.11 Å². The molecule has 5 heteroatoms. The van der Waals surface area contributed by atoms with Crippen LogP contribution in [0.1, 0.15) is 19.3 Å². The predicted octanol–water partition coefficient (Wildman–Crippen LogP) is 0.341. The van der Waals surface area contributed by atoms with Gasteiger partial charge in [-0.2, -0.15) is 0 Å². The molecule has 2 N–H and O–H groups in total. The van der Waals surface area contributed by atoms with Crippen LogP contribution in [0, 0.1) is 0 Å². The van der Waals surface area contributed by atoms with Gasteiger partial charge in [0.15, 0.2) is 6.10 Å². The minimum atomic E-state index is -1.05. The van der Waals surface area contributed by atoms with Gasteiger partial charge in [-0.15, -0.1) is 0 Å². The Labute approximate surface area is 70.0 Å². The number of hydrogen-bond acceptors (Lipinski definition) is 3. The fraction of sp³-hybridized carbons (Fsp3) is 0.714. The highest BCUT2D eigenvalue weighted by Gasteiger charge is 2.15. The van der Waals surface area contributed by atoms with Crippen molar-refractivity contribution in [1.82, 2.24) is 0 Å². The summed E-state index contributed by atoms with van der Waals surface area (Å²) in [4.78, 5) is 20.4. The summed E-state index contributed by atoms with van der Waals surface area (Å²) in [5, 5.41) is 16.7. The quantitative estimate of drug-likeness (QED) is 0.609. The molecule has 0 fully saturated rings. The van der Waals surface area contributed by atoms with Gasteiger partial charge >= 0.3 is 11.9 Å². The summed E-state index contributed by atoms with van der Waals surface area (Å²) in [5.41, 5.74) is 0. The summed E-state index contributed by atoms with van der Waals surface area (Å²) in [5.74, 6) is -1.97. The molecule has 0 radical (unpaired) electrons. The summed E-state index contributed by atoms with van der Waals surface area (Å²) in [6.07, 6.45) is -0.352. The Bertz CT molecular complexity index is 165. The Morgan fingerprint density at radius 2 is 2.00 bits per heavy atom. The van der Waals surface area contributed by atoms with Crippen LogP contribution in [0.15, 0.2) is 0 Å². The minimum Gasteiger partial charge on any atom is -0.481 e. The lowest BCUT2D eigenvalue weighted by atomic mass is 10.1. The number of carboxylic acids is 2. The van der Waals surface area contributed by atoms with Gasteiger partial charge < -0.3 is 14.9 Å². The van der Waals surface area contributed by atoms with Crippen molar-refractivity contribution in [2.75, 3.05) is 7.11 Å². The fourth-order valence-corrected chi connectivity index (χ4v) is 0.781. The zero-order valence-electron chi connectivity index (χ0n) is 6.82. The van der Waals surface area contributed by atoms with Crippen molar-refractivity contribution in [2.45, 2.75) is 25.4 Å². The van der Waals surface area contributed by atoms with E-state index in [-0.39, 0.29) is 12.8 Å². The van der Waals surface area contributed by atoms with E-state index >= 15 is 0 Å². The number of carbonyl (C=O) groups is 2. The van der Waals surface area contributed by atoms with E-state index in [1.807, 2.05) is 0 Å². The van der Waals surface area contributed by atoms with Crippen LogP contribution in [-0.2, 0) is 14.3 Å². The minimum absolute atomic E-state index is 0.0207. The van der Waals surface area contributed by atoms with Gasteiger partial charge in [0.25, 0.3) is 0 Å². The van der Waals surface area contributed by atoms with Crippen LogP contribution in [0.5, 0.6) is 0 Å². The summed E-state index contributed by atoms with van der Waals surface area (Å²) in [6.45, 7) is 0. The van der Waals surface area contributed by atoms with Crippen LogP contribution in [0.25, 0.3) is 0 Å². The zero-order chi connectivity index (χ0) is 9.56. The fourth-order valence-electron chi connectivity index (χ4n) is 0.781. The maximum Gasteiger partial charge on any atom is 0.332 e. The van der Waals surface area contributed by atoms with Crippen LogP contribution in [0.4, 0.5) is 0 Å². The molecule has 0 aromatic heterocycles. The van der Waals surface area contributed by atoms with Crippen LogP contribution in [0.2, 0.25) is 0 Å². The SMILES string of the molecule is CO[C@@H](CCCC(=O)O)C(=O)O. The first-order valence-corrected chi connectivity index (χ1v) is 3.55. The Morgan fingerprint density at radius 3 is 2.33 bits per heavy atom. The van der Waals surface area contributed by atoms with Crippen molar-refractivity contribution in [3.63, 3.8) is 0 Å². The molecular weight excluding hydrogens is 164 g/mol. The number of carboxylic acid groups (broad SMARTS) is 2. The van der Waals surface area contributed by atoms with Gasteiger partial charge in [-0.1, -0.05) is 0 Å². The number of hydrogen-bond donors (Lipinski definition) is 2. The van der Waals surface area contributed by atoms with E-state index in [9.17, 15) is 9.59 Å². The molecule has 12 heavy (non-hydrogen) atoms. The van der Waals surface area contributed by atoms with Gasteiger partial charge in [0.2, 0.25) is 0 Å². The Balaban J connectivity index is 3.59. The van der Waals surface area contributed by atoms with Gasteiger partial charge in [-0.3, -0.25) is 4.79 Å². The van der Waals surface area contributed by atoms with Crippen LogP contribution in [0.3, 0.4) is 0 Å². The van der Waals surface area contributed by atoms with Gasteiger partial charge in [-0.25, -0.2) is 4.79 Å². The first kappa shape index (κ1) is 10.9. The second kappa shape index (κ2) is 5.54. The lowest BCUT2D eigenvalue weighted by Gasteiger charge is -2.08. The molecule has 0 aliphatic carbocycles. The molecule has 0 saturated heterocycles. The molecule has 1 atom stereocenters. The first-order valence-electron chi connectivity index (χ1n) is 3.55. The number of methoxy groups -OCH3 is 1. The molecule has 0 aliphatic rings. The lowest BCUT2D eigenvalue weighted by Crippen LogP contribution is -2.22. The van der Waals surface area contributed by atoms with Crippen molar-refractivity contribution in [1.29, 1.82) is 0 Å². The predicted molar refractivity (Wildman–Crippen MR) is 39.9 cm³/mol. The van der Waals surface area contributed by atoms with E-state index < -0.39 is 18.0 Å². The third kappa shape index (κ3) is 4.68. The molecule has 0 rings (SSSR count). The average Bonchev–Trinajstić information content (AvgIpc) is 1.96. The van der Waals surface area contributed by atoms with Crippen LogP contribution >= 0.6 is 0 Å². The van der Waals surface area contributed by atoms with E-state index in [1.54, 1.807) is 0 Å². The summed E-state index contributed by atoms with van der Waals surface area (Å²) in [6, 6.07) is 0. The number of aliphatic carboxylic acids is 2. The van der Waals surface area contributed by atoms with Gasteiger partial charge in [0, 0.05) is 13.5 Å².